The van der Waals surface area contributed by atoms with Crippen molar-refractivity contribution in [1.82, 2.24) is 0 Å². The summed E-state index contributed by atoms with van der Waals surface area (Å²) in [6.45, 7) is 4.24. The van der Waals surface area contributed by atoms with E-state index in [0.29, 0.717) is 16.5 Å². The number of hydrogen-bond acceptors (Lipinski definition) is 3. The molecule has 1 atom stereocenters. The van der Waals surface area contributed by atoms with Gasteiger partial charge >= 0.3 is 0 Å². The zero-order chi connectivity index (χ0) is 11.4. The Morgan fingerprint density at radius 1 is 1.53 bits per heavy atom. The molecule has 0 saturated heterocycles. The maximum absolute atomic E-state index is 11.0. The van der Waals surface area contributed by atoms with E-state index in [1.165, 1.54) is 0 Å². The third-order valence-corrected chi connectivity index (χ3v) is 3.54. The third-order valence-electron chi connectivity index (χ3n) is 2.20. The second kappa shape index (κ2) is 5.07. The fraction of sp³-hybridized carbons (Fsp3) is 0.364. The number of hydrogen-bond donors (Lipinski definition) is 2. The molecule has 0 bridgehead atoms. The number of nitrogen functional groups attached to an aromatic ring is 1. The lowest BCUT2D eigenvalue weighted by Crippen LogP contribution is -2.11. The first-order valence-corrected chi connectivity index (χ1v) is 5.78. The van der Waals surface area contributed by atoms with E-state index in [9.17, 15) is 4.79 Å². The summed E-state index contributed by atoms with van der Waals surface area (Å²) in [7, 11) is 0. The van der Waals surface area contributed by atoms with E-state index < -0.39 is 5.91 Å². The lowest BCUT2D eigenvalue weighted by Gasteiger charge is -2.11. The van der Waals surface area contributed by atoms with E-state index in [1.807, 2.05) is 0 Å². The molecule has 4 heteroatoms. The highest BCUT2D eigenvalue weighted by atomic mass is 32.2. The van der Waals surface area contributed by atoms with Crippen molar-refractivity contribution in [2.75, 3.05) is 5.73 Å². The molecule has 82 valence electrons. The van der Waals surface area contributed by atoms with Crippen molar-refractivity contribution in [3.63, 3.8) is 0 Å². The first kappa shape index (κ1) is 11.9. The largest absolute Gasteiger partial charge is 0.398 e. The first-order chi connectivity index (χ1) is 7.04. The van der Waals surface area contributed by atoms with Crippen LogP contribution in [-0.4, -0.2) is 11.2 Å². The van der Waals surface area contributed by atoms with Crippen LogP contribution in [0.2, 0.25) is 0 Å². The summed E-state index contributed by atoms with van der Waals surface area (Å²) in [5.41, 5.74) is 12.2. The fourth-order valence-corrected chi connectivity index (χ4v) is 2.09. The Kier molecular flexibility index (Phi) is 4.03. The Morgan fingerprint density at radius 2 is 2.20 bits per heavy atom. The molecule has 0 aliphatic carbocycles. The molecule has 0 heterocycles. The summed E-state index contributed by atoms with van der Waals surface area (Å²) in [5, 5.41) is 0.482. The van der Waals surface area contributed by atoms with Gasteiger partial charge in [-0.15, -0.1) is 11.8 Å². The fourth-order valence-electron chi connectivity index (χ4n) is 1.09. The van der Waals surface area contributed by atoms with Crippen LogP contribution in [0.1, 0.15) is 30.6 Å². The van der Waals surface area contributed by atoms with Crippen LogP contribution in [0, 0.1) is 0 Å². The minimum Gasteiger partial charge on any atom is -0.398 e. The zero-order valence-corrected chi connectivity index (χ0v) is 9.80. The van der Waals surface area contributed by atoms with E-state index >= 15 is 0 Å². The molecular weight excluding hydrogens is 208 g/mol. The minimum absolute atomic E-state index is 0.416. The van der Waals surface area contributed by atoms with Crippen molar-refractivity contribution in [3.8, 4) is 0 Å². The number of rotatable bonds is 4. The van der Waals surface area contributed by atoms with Gasteiger partial charge in [0.2, 0.25) is 5.91 Å². The second-order valence-corrected chi connectivity index (χ2v) is 4.93. The average molecular weight is 224 g/mol. The number of thioether (sulfide) groups is 1. The van der Waals surface area contributed by atoms with Gasteiger partial charge in [-0.05, 0) is 24.6 Å². The van der Waals surface area contributed by atoms with Crippen molar-refractivity contribution in [2.45, 2.75) is 30.4 Å². The summed E-state index contributed by atoms with van der Waals surface area (Å²) in [6.07, 6.45) is 1.06. The summed E-state index contributed by atoms with van der Waals surface area (Å²) in [6, 6.07) is 5.14. The Bertz CT molecular complexity index is 366. The number of anilines is 1. The highest BCUT2D eigenvalue weighted by Gasteiger charge is 2.08. The molecule has 0 saturated carbocycles. The van der Waals surface area contributed by atoms with Crippen LogP contribution >= 0.6 is 11.8 Å². The maximum atomic E-state index is 11.0. The van der Waals surface area contributed by atoms with Crippen LogP contribution < -0.4 is 11.5 Å². The van der Waals surface area contributed by atoms with Gasteiger partial charge in [-0.1, -0.05) is 13.8 Å². The monoisotopic (exact) mass is 224 g/mol. The van der Waals surface area contributed by atoms with Gasteiger partial charge in [0, 0.05) is 21.4 Å². The summed E-state index contributed by atoms with van der Waals surface area (Å²) < 4.78 is 0. The van der Waals surface area contributed by atoms with Crippen LogP contribution in [0.3, 0.4) is 0 Å². The zero-order valence-electron chi connectivity index (χ0n) is 8.99. The lowest BCUT2D eigenvalue weighted by molar-refractivity contribution is 0.1000. The third kappa shape index (κ3) is 3.16. The molecule has 0 aromatic heterocycles. The number of benzene rings is 1. The van der Waals surface area contributed by atoms with Gasteiger partial charge in [0.25, 0.3) is 0 Å². The SMILES string of the molecule is CCC(C)Sc1cc(C(N)=O)ccc1N. The number of primary amides is 1. The molecule has 0 radical (unpaired) electrons. The van der Waals surface area contributed by atoms with Crippen molar-refractivity contribution >= 4 is 23.4 Å². The quantitative estimate of drug-likeness (QED) is 0.609. The molecule has 1 aromatic carbocycles. The first-order valence-electron chi connectivity index (χ1n) is 4.90. The molecule has 15 heavy (non-hydrogen) atoms. The molecule has 4 N–H and O–H groups in total. The number of carbonyl (C=O) groups excluding carboxylic acids is 1. The van der Waals surface area contributed by atoms with E-state index in [0.717, 1.165) is 11.3 Å². The van der Waals surface area contributed by atoms with E-state index in [2.05, 4.69) is 13.8 Å². The van der Waals surface area contributed by atoms with Crippen LogP contribution in [0.4, 0.5) is 5.69 Å². The summed E-state index contributed by atoms with van der Waals surface area (Å²) in [5.74, 6) is -0.416. The van der Waals surface area contributed by atoms with Gasteiger partial charge in [-0.25, -0.2) is 0 Å². The van der Waals surface area contributed by atoms with Gasteiger partial charge in [-0.3, -0.25) is 4.79 Å². The van der Waals surface area contributed by atoms with E-state index in [4.69, 9.17) is 11.5 Å². The standard InChI is InChI=1S/C11H16N2OS/c1-3-7(2)15-10-6-8(11(13)14)4-5-9(10)12/h4-7H,3,12H2,1-2H3,(H2,13,14). The van der Waals surface area contributed by atoms with Gasteiger partial charge in [0.1, 0.15) is 0 Å². The topological polar surface area (TPSA) is 69.1 Å². The number of nitrogens with two attached hydrogens (primary N) is 2. The maximum Gasteiger partial charge on any atom is 0.248 e. The second-order valence-electron chi connectivity index (χ2n) is 3.45. The van der Waals surface area contributed by atoms with E-state index in [-0.39, 0.29) is 0 Å². The van der Waals surface area contributed by atoms with Crippen molar-refractivity contribution < 1.29 is 4.79 Å². The molecule has 1 amide bonds. The molecule has 0 aliphatic rings. The van der Waals surface area contributed by atoms with Crippen LogP contribution in [0.5, 0.6) is 0 Å². The number of amides is 1. The minimum atomic E-state index is -0.416. The predicted molar refractivity (Wildman–Crippen MR) is 65.0 cm³/mol. The van der Waals surface area contributed by atoms with Gasteiger partial charge in [0.05, 0.1) is 0 Å². The summed E-state index contributed by atoms with van der Waals surface area (Å²) >= 11 is 1.67. The van der Waals surface area contributed by atoms with Crippen molar-refractivity contribution in [2.24, 2.45) is 5.73 Å². The summed E-state index contributed by atoms with van der Waals surface area (Å²) in [4.78, 5) is 11.9. The molecule has 1 aromatic rings. The molecule has 1 unspecified atom stereocenters. The van der Waals surface area contributed by atoms with Gasteiger partial charge in [0.15, 0.2) is 0 Å². The Labute approximate surface area is 94.2 Å². The molecule has 0 spiro atoms. The lowest BCUT2D eigenvalue weighted by atomic mass is 10.2. The predicted octanol–water partition coefficient (Wildman–Crippen LogP) is 2.26. The van der Waals surface area contributed by atoms with Crippen LogP contribution in [-0.2, 0) is 0 Å². The molecular formula is C11H16N2OS. The Balaban J connectivity index is 2.95. The highest BCUT2D eigenvalue weighted by molar-refractivity contribution is 8.00. The molecule has 0 aliphatic heterocycles. The Hall–Kier alpha value is -1.16. The molecule has 1 rings (SSSR count). The van der Waals surface area contributed by atoms with Crippen LogP contribution in [0.25, 0.3) is 0 Å². The number of carbonyl (C=O) groups is 1. The van der Waals surface area contributed by atoms with Crippen molar-refractivity contribution in [3.05, 3.63) is 23.8 Å². The molecule has 0 fully saturated rings. The molecule has 3 nitrogen and oxygen atoms in total. The van der Waals surface area contributed by atoms with Gasteiger partial charge in [-0.2, -0.15) is 0 Å². The average Bonchev–Trinajstić information content (AvgIpc) is 2.20. The van der Waals surface area contributed by atoms with E-state index in [1.54, 1.807) is 30.0 Å². The van der Waals surface area contributed by atoms with Gasteiger partial charge < -0.3 is 11.5 Å². The normalized spacial score (nSPS) is 12.4. The Morgan fingerprint density at radius 3 is 2.73 bits per heavy atom. The van der Waals surface area contributed by atoms with Crippen molar-refractivity contribution in [1.29, 1.82) is 0 Å². The van der Waals surface area contributed by atoms with Crippen LogP contribution in [0.15, 0.2) is 23.1 Å². The smallest absolute Gasteiger partial charge is 0.248 e. The highest BCUT2D eigenvalue weighted by Crippen LogP contribution is 2.30.